The first kappa shape index (κ1) is 15.3. The smallest absolute Gasteiger partial charge is 0.289 e. The van der Waals surface area contributed by atoms with Crippen LogP contribution in [0, 0.1) is 12.8 Å². The second kappa shape index (κ2) is 6.69. The molecular weight excluding hydrogens is 292 g/mol. The number of amides is 2. The van der Waals surface area contributed by atoms with Crippen LogP contribution in [0.15, 0.2) is 47.1 Å². The molecule has 0 saturated carbocycles. The van der Waals surface area contributed by atoms with Gasteiger partial charge in [-0.25, -0.2) is 0 Å². The van der Waals surface area contributed by atoms with Gasteiger partial charge in [0.05, 0.1) is 6.26 Å². The zero-order chi connectivity index (χ0) is 16.2. The fourth-order valence-corrected chi connectivity index (χ4v) is 2.85. The largest absolute Gasteiger partial charge is 0.459 e. The highest BCUT2D eigenvalue weighted by atomic mass is 16.3. The molecule has 0 bridgehead atoms. The van der Waals surface area contributed by atoms with Crippen LogP contribution in [0.5, 0.6) is 0 Å². The molecule has 120 valence electrons. The molecule has 1 fully saturated rings. The Hall–Kier alpha value is -2.56. The molecule has 1 saturated heterocycles. The van der Waals surface area contributed by atoms with Gasteiger partial charge in [-0.15, -0.1) is 0 Å². The summed E-state index contributed by atoms with van der Waals surface area (Å²) in [4.78, 5) is 26.3. The Balaban J connectivity index is 1.55. The summed E-state index contributed by atoms with van der Waals surface area (Å²) in [5, 5.41) is 2.99. The maximum absolute atomic E-state index is 12.4. The number of anilines is 1. The fraction of sp³-hybridized carbons (Fsp3) is 0.333. The molecule has 0 radical (unpaired) electrons. The Bertz CT molecular complexity index is 686. The molecule has 2 amide bonds. The van der Waals surface area contributed by atoms with Gasteiger partial charge in [-0.05, 0) is 43.5 Å². The Morgan fingerprint density at radius 1 is 1.13 bits per heavy atom. The molecule has 1 aliphatic rings. The van der Waals surface area contributed by atoms with Crippen molar-refractivity contribution in [2.75, 3.05) is 18.4 Å². The standard InChI is InChI=1S/C18H20N2O3/c1-13-5-2-3-6-15(13)19-17(21)14-8-10-20(11-9-14)18(22)16-7-4-12-23-16/h2-7,12,14H,8-11H2,1H3,(H,19,21). The van der Waals surface area contributed by atoms with Crippen molar-refractivity contribution >= 4 is 17.5 Å². The average Bonchev–Trinajstić information content (AvgIpc) is 3.11. The third kappa shape index (κ3) is 3.44. The Kier molecular flexibility index (Phi) is 4.46. The van der Waals surface area contributed by atoms with Crippen molar-refractivity contribution in [3.63, 3.8) is 0 Å². The minimum Gasteiger partial charge on any atom is -0.459 e. The molecule has 2 aromatic rings. The first-order chi connectivity index (χ1) is 11.1. The van der Waals surface area contributed by atoms with Crippen molar-refractivity contribution < 1.29 is 14.0 Å². The van der Waals surface area contributed by atoms with Gasteiger partial charge in [0.1, 0.15) is 0 Å². The fourth-order valence-electron chi connectivity index (χ4n) is 2.85. The molecule has 5 nitrogen and oxygen atoms in total. The Morgan fingerprint density at radius 3 is 2.52 bits per heavy atom. The van der Waals surface area contributed by atoms with E-state index in [1.807, 2.05) is 31.2 Å². The van der Waals surface area contributed by atoms with Gasteiger partial charge >= 0.3 is 0 Å². The SMILES string of the molecule is Cc1ccccc1NC(=O)C1CCN(C(=O)c2ccco2)CC1. The third-order valence-electron chi connectivity index (χ3n) is 4.29. The van der Waals surface area contributed by atoms with Gasteiger partial charge in [-0.2, -0.15) is 0 Å². The number of nitrogens with zero attached hydrogens (tertiary/aromatic N) is 1. The lowest BCUT2D eigenvalue weighted by Gasteiger charge is -2.30. The second-order valence-corrected chi connectivity index (χ2v) is 5.85. The highest BCUT2D eigenvalue weighted by molar-refractivity contribution is 5.94. The molecule has 5 heteroatoms. The van der Waals surface area contributed by atoms with Crippen molar-refractivity contribution in [2.45, 2.75) is 19.8 Å². The van der Waals surface area contributed by atoms with Crippen LogP contribution in [0.25, 0.3) is 0 Å². The van der Waals surface area contributed by atoms with Crippen molar-refractivity contribution in [1.82, 2.24) is 4.90 Å². The van der Waals surface area contributed by atoms with Gasteiger partial charge in [-0.3, -0.25) is 9.59 Å². The van der Waals surface area contributed by atoms with E-state index in [-0.39, 0.29) is 17.7 Å². The molecular formula is C18H20N2O3. The minimum atomic E-state index is -0.104. The predicted octanol–water partition coefficient (Wildman–Crippen LogP) is 3.08. The van der Waals surface area contributed by atoms with Gasteiger partial charge in [0.15, 0.2) is 5.76 Å². The molecule has 2 heterocycles. The minimum absolute atomic E-state index is 0.0318. The lowest BCUT2D eigenvalue weighted by Crippen LogP contribution is -2.41. The summed E-state index contributed by atoms with van der Waals surface area (Å²) in [7, 11) is 0. The number of benzene rings is 1. The van der Waals surface area contributed by atoms with Crippen molar-refractivity contribution in [3.05, 3.63) is 54.0 Å². The summed E-state index contributed by atoms with van der Waals surface area (Å²) in [5.41, 5.74) is 1.90. The van der Waals surface area contributed by atoms with E-state index in [0.29, 0.717) is 31.7 Å². The van der Waals surface area contributed by atoms with Crippen LogP contribution in [0.4, 0.5) is 5.69 Å². The van der Waals surface area contributed by atoms with Crippen molar-refractivity contribution in [1.29, 1.82) is 0 Å². The molecule has 0 spiro atoms. The number of carbonyl (C=O) groups is 2. The average molecular weight is 312 g/mol. The lowest BCUT2D eigenvalue weighted by molar-refractivity contribution is -0.121. The van der Waals surface area contributed by atoms with E-state index in [0.717, 1.165) is 11.3 Å². The molecule has 1 N–H and O–H groups in total. The maximum Gasteiger partial charge on any atom is 0.289 e. The third-order valence-corrected chi connectivity index (χ3v) is 4.29. The summed E-state index contributed by atoms with van der Waals surface area (Å²) in [6.07, 6.45) is 2.84. The van der Waals surface area contributed by atoms with Crippen LogP contribution in [0.1, 0.15) is 29.0 Å². The number of para-hydroxylation sites is 1. The summed E-state index contributed by atoms with van der Waals surface area (Å²) >= 11 is 0. The molecule has 1 aliphatic heterocycles. The maximum atomic E-state index is 12.4. The number of hydrogen-bond donors (Lipinski definition) is 1. The number of aryl methyl sites for hydroxylation is 1. The normalized spacial score (nSPS) is 15.4. The van der Waals surface area contributed by atoms with Crippen molar-refractivity contribution in [2.24, 2.45) is 5.92 Å². The molecule has 23 heavy (non-hydrogen) atoms. The van der Waals surface area contributed by atoms with Crippen LogP contribution in [-0.2, 0) is 4.79 Å². The van der Waals surface area contributed by atoms with Gasteiger partial charge in [0.25, 0.3) is 5.91 Å². The molecule has 3 rings (SSSR count). The van der Waals surface area contributed by atoms with E-state index >= 15 is 0 Å². The number of nitrogens with one attached hydrogen (secondary N) is 1. The summed E-state index contributed by atoms with van der Waals surface area (Å²) in [5.74, 6) is 0.222. The Labute approximate surface area is 135 Å². The van der Waals surface area contributed by atoms with Gasteiger partial charge in [-0.1, -0.05) is 18.2 Å². The number of piperidine rings is 1. The molecule has 1 aromatic heterocycles. The van der Waals surface area contributed by atoms with Crippen molar-refractivity contribution in [3.8, 4) is 0 Å². The number of rotatable bonds is 3. The van der Waals surface area contributed by atoms with E-state index in [1.165, 1.54) is 6.26 Å². The van der Waals surface area contributed by atoms with E-state index < -0.39 is 0 Å². The summed E-state index contributed by atoms with van der Waals surface area (Å²) in [6, 6.07) is 11.1. The molecule has 0 atom stereocenters. The summed E-state index contributed by atoms with van der Waals surface area (Å²) < 4.78 is 5.14. The first-order valence-corrected chi connectivity index (χ1v) is 7.84. The van der Waals surface area contributed by atoms with E-state index in [1.54, 1.807) is 17.0 Å². The van der Waals surface area contributed by atoms with Gasteiger partial charge in [0.2, 0.25) is 5.91 Å². The number of furan rings is 1. The highest BCUT2D eigenvalue weighted by Crippen LogP contribution is 2.22. The number of hydrogen-bond acceptors (Lipinski definition) is 3. The van der Waals surface area contributed by atoms with Gasteiger partial charge < -0.3 is 14.6 Å². The zero-order valence-electron chi connectivity index (χ0n) is 13.1. The molecule has 1 aromatic carbocycles. The molecule has 0 unspecified atom stereocenters. The second-order valence-electron chi connectivity index (χ2n) is 5.85. The Morgan fingerprint density at radius 2 is 1.87 bits per heavy atom. The monoisotopic (exact) mass is 312 g/mol. The molecule has 0 aliphatic carbocycles. The van der Waals surface area contributed by atoms with Crippen LogP contribution >= 0.6 is 0 Å². The van der Waals surface area contributed by atoms with Gasteiger partial charge in [0, 0.05) is 24.7 Å². The number of likely N-dealkylation sites (tertiary alicyclic amines) is 1. The zero-order valence-corrected chi connectivity index (χ0v) is 13.1. The van der Waals surface area contributed by atoms with Crippen LogP contribution in [-0.4, -0.2) is 29.8 Å². The van der Waals surface area contributed by atoms with E-state index in [9.17, 15) is 9.59 Å². The van der Waals surface area contributed by atoms with Crippen LogP contribution < -0.4 is 5.32 Å². The summed E-state index contributed by atoms with van der Waals surface area (Å²) in [6.45, 7) is 3.12. The number of carbonyl (C=O) groups excluding carboxylic acids is 2. The highest BCUT2D eigenvalue weighted by Gasteiger charge is 2.28. The predicted molar refractivity (Wildman–Crippen MR) is 87.1 cm³/mol. The van der Waals surface area contributed by atoms with E-state index in [2.05, 4.69) is 5.32 Å². The first-order valence-electron chi connectivity index (χ1n) is 7.84. The van der Waals surface area contributed by atoms with Crippen LogP contribution in [0.3, 0.4) is 0 Å². The lowest BCUT2D eigenvalue weighted by atomic mass is 9.95. The topological polar surface area (TPSA) is 62.6 Å². The van der Waals surface area contributed by atoms with E-state index in [4.69, 9.17) is 4.42 Å². The quantitative estimate of drug-likeness (QED) is 0.947. The van der Waals surface area contributed by atoms with Crippen LogP contribution in [0.2, 0.25) is 0 Å².